The number of fused-ring (bicyclic) bond motifs is 2. The Morgan fingerprint density at radius 3 is 3.07 bits per heavy atom. The lowest BCUT2D eigenvalue weighted by Gasteiger charge is -2.31. The van der Waals surface area contributed by atoms with E-state index in [0.717, 1.165) is 42.5 Å². The third-order valence-corrected chi connectivity index (χ3v) is 5.82. The standard InChI is InChI=1S/C23H30N6O/c1-29(19-11-4-7-16-8-6-14-25-21(16)19)15-20-27-18-10-5-9-17(22(18)28-20)23(30)26-13-3-2-12-24/h5-6,8-10,14,19H,2-4,7,11-13,15,24H2,1H3,(H,26,30)(H,27,28). The first-order chi connectivity index (χ1) is 14.7. The summed E-state index contributed by atoms with van der Waals surface area (Å²) >= 11 is 0. The van der Waals surface area contributed by atoms with Gasteiger partial charge in [0.15, 0.2) is 0 Å². The molecule has 0 aliphatic heterocycles. The number of amides is 1. The number of para-hydroxylation sites is 1. The van der Waals surface area contributed by atoms with E-state index >= 15 is 0 Å². The van der Waals surface area contributed by atoms with E-state index in [4.69, 9.17) is 10.7 Å². The van der Waals surface area contributed by atoms with Gasteiger partial charge in [0.25, 0.3) is 5.91 Å². The summed E-state index contributed by atoms with van der Waals surface area (Å²) in [5.41, 5.74) is 10.3. The third-order valence-electron chi connectivity index (χ3n) is 5.82. The van der Waals surface area contributed by atoms with Crippen molar-refractivity contribution < 1.29 is 4.79 Å². The second kappa shape index (κ2) is 9.36. The molecule has 4 N–H and O–H groups in total. The number of aromatic nitrogens is 3. The molecule has 0 fully saturated rings. The number of benzene rings is 1. The normalized spacial score (nSPS) is 16.0. The number of aromatic amines is 1. The first kappa shape index (κ1) is 20.5. The summed E-state index contributed by atoms with van der Waals surface area (Å²) in [7, 11) is 2.12. The van der Waals surface area contributed by atoms with Crippen LogP contribution in [0.5, 0.6) is 0 Å². The summed E-state index contributed by atoms with van der Waals surface area (Å²) < 4.78 is 0. The van der Waals surface area contributed by atoms with Crippen molar-refractivity contribution in [3.8, 4) is 0 Å². The Morgan fingerprint density at radius 1 is 1.30 bits per heavy atom. The number of imidazole rings is 1. The minimum absolute atomic E-state index is 0.0772. The predicted octanol–water partition coefficient (Wildman–Crippen LogP) is 2.94. The number of carbonyl (C=O) groups excluding carboxylic acids is 1. The predicted molar refractivity (Wildman–Crippen MR) is 118 cm³/mol. The molecule has 0 spiro atoms. The van der Waals surface area contributed by atoms with Crippen molar-refractivity contribution in [1.82, 2.24) is 25.2 Å². The largest absolute Gasteiger partial charge is 0.352 e. The summed E-state index contributed by atoms with van der Waals surface area (Å²) in [5.74, 6) is 0.783. The topological polar surface area (TPSA) is 99.9 Å². The van der Waals surface area contributed by atoms with E-state index in [9.17, 15) is 4.79 Å². The van der Waals surface area contributed by atoms with Gasteiger partial charge in [-0.1, -0.05) is 12.1 Å². The highest BCUT2D eigenvalue weighted by atomic mass is 16.1. The molecular weight excluding hydrogens is 376 g/mol. The highest BCUT2D eigenvalue weighted by molar-refractivity contribution is 6.04. The van der Waals surface area contributed by atoms with Gasteiger partial charge in [-0.05, 0) is 69.5 Å². The van der Waals surface area contributed by atoms with Crippen molar-refractivity contribution in [2.75, 3.05) is 20.1 Å². The van der Waals surface area contributed by atoms with E-state index in [0.29, 0.717) is 25.2 Å². The minimum atomic E-state index is -0.0772. The Balaban J connectivity index is 1.50. The number of H-pyrrole nitrogens is 1. The maximum atomic E-state index is 12.6. The number of nitrogens with zero attached hydrogens (tertiary/aromatic N) is 3. The van der Waals surface area contributed by atoms with Gasteiger partial charge >= 0.3 is 0 Å². The number of aryl methyl sites for hydroxylation is 1. The summed E-state index contributed by atoms with van der Waals surface area (Å²) in [5, 5.41) is 2.98. The molecule has 0 bridgehead atoms. The molecule has 4 rings (SSSR count). The first-order valence-electron chi connectivity index (χ1n) is 10.8. The zero-order valence-electron chi connectivity index (χ0n) is 17.5. The van der Waals surface area contributed by atoms with Crippen LogP contribution in [0.4, 0.5) is 0 Å². The van der Waals surface area contributed by atoms with Gasteiger partial charge < -0.3 is 16.0 Å². The van der Waals surface area contributed by atoms with E-state index in [2.05, 4.69) is 33.3 Å². The highest BCUT2D eigenvalue weighted by Gasteiger charge is 2.25. The Morgan fingerprint density at radius 2 is 2.20 bits per heavy atom. The van der Waals surface area contributed by atoms with Gasteiger partial charge in [0.2, 0.25) is 0 Å². The van der Waals surface area contributed by atoms with Gasteiger partial charge in [-0.15, -0.1) is 0 Å². The summed E-state index contributed by atoms with van der Waals surface area (Å²) in [6.07, 6.45) is 7.03. The van der Waals surface area contributed by atoms with Crippen molar-refractivity contribution in [1.29, 1.82) is 0 Å². The number of hydrogen-bond donors (Lipinski definition) is 3. The molecule has 7 heteroatoms. The molecule has 1 aliphatic rings. The second-order valence-electron chi connectivity index (χ2n) is 8.01. The Bertz CT molecular complexity index is 1010. The van der Waals surface area contributed by atoms with Crippen molar-refractivity contribution in [2.45, 2.75) is 44.7 Å². The van der Waals surface area contributed by atoms with Crippen LogP contribution in [0.15, 0.2) is 36.5 Å². The summed E-state index contributed by atoms with van der Waals surface area (Å²) in [6, 6.07) is 10.2. The number of hydrogen-bond acceptors (Lipinski definition) is 5. The maximum Gasteiger partial charge on any atom is 0.253 e. The monoisotopic (exact) mass is 406 g/mol. The minimum Gasteiger partial charge on any atom is -0.352 e. The van der Waals surface area contributed by atoms with E-state index < -0.39 is 0 Å². The summed E-state index contributed by atoms with van der Waals surface area (Å²) in [6.45, 7) is 1.95. The highest BCUT2D eigenvalue weighted by Crippen LogP contribution is 2.32. The Labute approximate surface area is 177 Å². The molecule has 0 radical (unpaired) electrons. The van der Waals surface area contributed by atoms with Crippen LogP contribution < -0.4 is 11.1 Å². The fraction of sp³-hybridized carbons (Fsp3) is 0.435. The first-order valence-corrected chi connectivity index (χ1v) is 10.8. The molecule has 2 heterocycles. The van der Waals surface area contributed by atoms with Crippen LogP contribution in [0.3, 0.4) is 0 Å². The zero-order valence-corrected chi connectivity index (χ0v) is 17.5. The number of pyridine rings is 1. The Kier molecular flexibility index (Phi) is 6.40. The fourth-order valence-corrected chi connectivity index (χ4v) is 4.27. The van der Waals surface area contributed by atoms with Crippen LogP contribution in [0.25, 0.3) is 11.0 Å². The van der Waals surface area contributed by atoms with Gasteiger partial charge in [-0.2, -0.15) is 0 Å². The van der Waals surface area contributed by atoms with Crippen LogP contribution in [-0.2, 0) is 13.0 Å². The number of nitrogens with one attached hydrogen (secondary N) is 2. The van der Waals surface area contributed by atoms with Crippen LogP contribution in [0.2, 0.25) is 0 Å². The van der Waals surface area contributed by atoms with Crippen molar-refractivity contribution in [3.05, 3.63) is 59.2 Å². The van der Waals surface area contributed by atoms with Crippen LogP contribution in [0, 0.1) is 0 Å². The molecule has 1 amide bonds. The molecule has 0 saturated heterocycles. The molecule has 1 aliphatic carbocycles. The van der Waals surface area contributed by atoms with Crippen LogP contribution in [0.1, 0.15) is 59.2 Å². The van der Waals surface area contributed by atoms with E-state index in [1.165, 1.54) is 17.7 Å². The molecule has 158 valence electrons. The van der Waals surface area contributed by atoms with E-state index in [1.807, 2.05) is 30.5 Å². The fourth-order valence-electron chi connectivity index (χ4n) is 4.27. The molecular formula is C23H30N6O. The average molecular weight is 407 g/mol. The number of rotatable bonds is 8. The molecule has 1 aromatic carbocycles. The summed E-state index contributed by atoms with van der Waals surface area (Å²) in [4.78, 5) is 27.7. The smallest absolute Gasteiger partial charge is 0.253 e. The van der Waals surface area contributed by atoms with E-state index in [-0.39, 0.29) is 11.9 Å². The quantitative estimate of drug-likeness (QED) is 0.500. The lowest BCUT2D eigenvalue weighted by molar-refractivity contribution is 0.0954. The van der Waals surface area contributed by atoms with E-state index in [1.54, 1.807) is 0 Å². The second-order valence-corrected chi connectivity index (χ2v) is 8.01. The molecule has 2 aromatic heterocycles. The molecule has 30 heavy (non-hydrogen) atoms. The Hall–Kier alpha value is -2.77. The van der Waals surface area contributed by atoms with Gasteiger partial charge in [0.05, 0.1) is 34.9 Å². The van der Waals surface area contributed by atoms with Crippen molar-refractivity contribution in [2.24, 2.45) is 5.73 Å². The van der Waals surface area contributed by atoms with Crippen LogP contribution >= 0.6 is 0 Å². The van der Waals surface area contributed by atoms with Crippen LogP contribution in [-0.4, -0.2) is 45.9 Å². The lowest BCUT2D eigenvalue weighted by Crippen LogP contribution is -2.28. The maximum absolute atomic E-state index is 12.6. The SMILES string of the molecule is CN(Cc1nc2cccc(C(=O)NCCCCN)c2[nH]1)C1CCCc2cccnc21. The molecule has 3 aromatic rings. The van der Waals surface area contributed by atoms with Gasteiger partial charge in [-0.25, -0.2) is 4.98 Å². The van der Waals surface area contributed by atoms with Gasteiger partial charge in [0, 0.05) is 12.7 Å². The lowest BCUT2D eigenvalue weighted by atomic mass is 9.91. The molecule has 0 saturated carbocycles. The molecule has 1 atom stereocenters. The van der Waals surface area contributed by atoms with Gasteiger partial charge in [-0.3, -0.25) is 14.7 Å². The molecule has 1 unspecified atom stereocenters. The third kappa shape index (κ3) is 4.37. The number of carbonyl (C=O) groups is 1. The average Bonchev–Trinajstić information content (AvgIpc) is 3.18. The molecule has 7 nitrogen and oxygen atoms in total. The van der Waals surface area contributed by atoms with Crippen molar-refractivity contribution >= 4 is 16.9 Å². The number of unbranched alkanes of at least 4 members (excludes halogenated alkanes) is 1. The zero-order chi connectivity index (χ0) is 20.9. The van der Waals surface area contributed by atoms with Gasteiger partial charge in [0.1, 0.15) is 5.82 Å². The number of nitrogens with two attached hydrogens (primary N) is 1. The van der Waals surface area contributed by atoms with Crippen molar-refractivity contribution in [3.63, 3.8) is 0 Å².